The van der Waals surface area contributed by atoms with Crippen LogP contribution in [0.25, 0.3) is 11.5 Å². The van der Waals surface area contributed by atoms with Gasteiger partial charge in [-0.15, -0.1) is 16.8 Å². The molecule has 1 aliphatic rings. The monoisotopic (exact) mass is 513 g/mol. The molecule has 4 rings (SSSR count). The highest BCUT2D eigenvalue weighted by Gasteiger charge is 2.16. The Labute approximate surface area is 200 Å². The van der Waals surface area contributed by atoms with Crippen LogP contribution in [0, 0.1) is 0 Å². The molecular weight excluding hydrogens is 490 g/mol. The molecule has 166 valence electrons. The maximum absolute atomic E-state index is 12.3. The normalized spacial score (nSPS) is 14.3. The molecule has 1 N–H and O–H groups in total. The number of hydrogen-bond acceptors (Lipinski definition) is 7. The zero-order chi connectivity index (χ0) is 22.3. The second kappa shape index (κ2) is 10.8. The van der Waals surface area contributed by atoms with Crippen molar-refractivity contribution in [2.45, 2.75) is 5.22 Å². The summed E-state index contributed by atoms with van der Waals surface area (Å²) >= 11 is 4.62. The van der Waals surface area contributed by atoms with Gasteiger partial charge < -0.3 is 14.6 Å². The second-order valence-corrected chi connectivity index (χ2v) is 9.18. The standard InChI is InChI=1S/C23H24BrN5O2S/c1-2-11-28-12-14-29(15-13-28)20-9-7-19(8-10-20)25-21(30)16-32-23-27-26-22(31-23)17-3-5-18(24)6-4-17/h2-10H,1,11-16H2,(H,25,30). The fourth-order valence-electron chi connectivity index (χ4n) is 3.43. The van der Waals surface area contributed by atoms with E-state index in [2.05, 4.69) is 60.0 Å². The van der Waals surface area contributed by atoms with Gasteiger partial charge in [-0.25, -0.2) is 0 Å². The number of halogens is 1. The van der Waals surface area contributed by atoms with Crippen LogP contribution in [0.1, 0.15) is 0 Å². The van der Waals surface area contributed by atoms with Crippen LogP contribution in [0.15, 0.2) is 75.3 Å². The van der Waals surface area contributed by atoms with Gasteiger partial charge in [0.05, 0.1) is 5.75 Å². The molecule has 1 aliphatic heterocycles. The molecule has 0 spiro atoms. The predicted molar refractivity (Wildman–Crippen MR) is 132 cm³/mol. The van der Waals surface area contributed by atoms with Crippen LogP contribution in [0.4, 0.5) is 11.4 Å². The third-order valence-corrected chi connectivity index (χ3v) is 6.45. The van der Waals surface area contributed by atoms with Gasteiger partial charge in [-0.3, -0.25) is 9.69 Å². The first-order valence-electron chi connectivity index (χ1n) is 10.3. The number of carbonyl (C=O) groups is 1. The molecule has 0 radical (unpaired) electrons. The van der Waals surface area contributed by atoms with Crippen molar-refractivity contribution in [3.8, 4) is 11.5 Å². The molecular formula is C23H24BrN5O2S. The van der Waals surface area contributed by atoms with Gasteiger partial charge in [0.1, 0.15) is 0 Å². The Kier molecular flexibility index (Phi) is 7.62. The lowest BCUT2D eigenvalue weighted by Crippen LogP contribution is -2.46. The highest BCUT2D eigenvalue weighted by molar-refractivity contribution is 9.10. The lowest BCUT2D eigenvalue weighted by atomic mass is 10.2. The van der Waals surface area contributed by atoms with E-state index in [1.807, 2.05) is 42.5 Å². The van der Waals surface area contributed by atoms with Crippen molar-refractivity contribution in [1.82, 2.24) is 15.1 Å². The number of aromatic nitrogens is 2. The number of benzene rings is 2. The molecule has 0 saturated carbocycles. The Hall–Kier alpha value is -2.62. The molecule has 1 amide bonds. The number of rotatable bonds is 8. The van der Waals surface area contributed by atoms with E-state index in [1.54, 1.807) is 0 Å². The first-order valence-corrected chi connectivity index (χ1v) is 12.1. The van der Waals surface area contributed by atoms with E-state index in [-0.39, 0.29) is 11.7 Å². The van der Waals surface area contributed by atoms with E-state index in [0.717, 1.165) is 48.4 Å². The van der Waals surface area contributed by atoms with Gasteiger partial charge >= 0.3 is 0 Å². The summed E-state index contributed by atoms with van der Waals surface area (Å²) < 4.78 is 6.62. The maximum Gasteiger partial charge on any atom is 0.277 e. The summed E-state index contributed by atoms with van der Waals surface area (Å²) in [5.41, 5.74) is 2.77. The summed E-state index contributed by atoms with van der Waals surface area (Å²) in [7, 11) is 0. The molecule has 2 heterocycles. The Morgan fingerprint density at radius 3 is 2.50 bits per heavy atom. The SMILES string of the molecule is C=CCN1CCN(c2ccc(NC(=O)CSc3nnc(-c4ccc(Br)cc4)o3)cc2)CC1. The number of piperazine rings is 1. The van der Waals surface area contributed by atoms with Gasteiger partial charge in [-0.05, 0) is 48.5 Å². The van der Waals surface area contributed by atoms with E-state index in [4.69, 9.17) is 4.42 Å². The van der Waals surface area contributed by atoms with E-state index >= 15 is 0 Å². The van der Waals surface area contributed by atoms with Crippen LogP contribution in [-0.4, -0.2) is 59.5 Å². The molecule has 0 bridgehead atoms. The minimum Gasteiger partial charge on any atom is -0.411 e. The highest BCUT2D eigenvalue weighted by atomic mass is 79.9. The van der Waals surface area contributed by atoms with E-state index in [9.17, 15) is 4.79 Å². The summed E-state index contributed by atoms with van der Waals surface area (Å²) in [4.78, 5) is 17.1. The van der Waals surface area contributed by atoms with Crippen molar-refractivity contribution in [1.29, 1.82) is 0 Å². The summed E-state index contributed by atoms with van der Waals surface area (Å²) in [6.45, 7) is 8.78. The average Bonchev–Trinajstić information content (AvgIpc) is 3.29. The average molecular weight is 514 g/mol. The minimum atomic E-state index is -0.121. The van der Waals surface area contributed by atoms with Gasteiger partial charge in [-0.1, -0.05) is 33.8 Å². The molecule has 0 unspecified atom stereocenters. The Bertz CT molecular complexity index is 1050. The van der Waals surface area contributed by atoms with Crippen LogP contribution in [0.2, 0.25) is 0 Å². The number of nitrogens with one attached hydrogen (secondary N) is 1. The lowest BCUT2D eigenvalue weighted by molar-refractivity contribution is -0.113. The van der Waals surface area contributed by atoms with Gasteiger partial charge in [0.25, 0.3) is 5.22 Å². The molecule has 9 heteroatoms. The molecule has 1 saturated heterocycles. The van der Waals surface area contributed by atoms with Crippen molar-refractivity contribution in [2.24, 2.45) is 0 Å². The molecule has 32 heavy (non-hydrogen) atoms. The van der Waals surface area contributed by atoms with E-state index < -0.39 is 0 Å². The molecule has 1 aromatic heterocycles. The topological polar surface area (TPSA) is 74.5 Å². The molecule has 0 aliphatic carbocycles. The van der Waals surface area contributed by atoms with Crippen molar-refractivity contribution in [3.05, 3.63) is 65.7 Å². The van der Waals surface area contributed by atoms with Gasteiger partial charge in [0.2, 0.25) is 11.8 Å². The number of anilines is 2. The van der Waals surface area contributed by atoms with Crippen LogP contribution < -0.4 is 10.2 Å². The summed E-state index contributed by atoms with van der Waals surface area (Å²) in [5, 5.41) is 11.3. The Morgan fingerprint density at radius 1 is 1.09 bits per heavy atom. The fourth-order valence-corrected chi connectivity index (χ4v) is 4.26. The molecule has 0 atom stereocenters. The first-order chi connectivity index (χ1) is 15.6. The molecule has 7 nitrogen and oxygen atoms in total. The predicted octanol–water partition coefficient (Wildman–Crippen LogP) is 4.54. The van der Waals surface area contributed by atoms with Crippen LogP contribution in [0.3, 0.4) is 0 Å². The van der Waals surface area contributed by atoms with Crippen molar-refractivity contribution >= 4 is 45.0 Å². The van der Waals surface area contributed by atoms with Crippen LogP contribution in [0.5, 0.6) is 0 Å². The van der Waals surface area contributed by atoms with Crippen LogP contribution in [-0.2, 0) is 4.79 Å². The molecule has 3 aromatic rings. The van der Waals surface area contributed by atoms with Gasteiger partial charge in [-0.2, -0.15) is 0 Å². The number of nitrogens with zero attached hydrogens (tertiary/aromatic N) is 4. The fraction of sp³-hybridized carbons (Fsp3) is 0.261. The van der Waals surface area contributed by atoms with E-state index in [1.165, 1.54) is 17.4 Å². The van der Waals surface area contributed by atoms with Crippen LogP contribution >= 0.6 is 27.7 Å². The number of hydrogen-bond donors (Lipinski definition) is 1. The highest BCUT2D eigenvalue weighted by Crippen LogP contribution is 2.25. The smallest absolute Gasteiger partial charge is 0.277 e. The Morgan fingerprint density at radius 2 is 1.81 bits per heavy atom. The van der Waals surface area contributed by atoms with Crippen molar-refractivity contribution in [2.75, 3.05) is 48.7 Å². The summed E-state index contributed by atoms with van der Waals surface area (Å²) in [6.07, 6.45) is 1.95. The zero-order valence-electron chi connectivity index (χ0n) is 17.5. The number of carbonyl (C=O) groups excluding carboxylic acids is 1. The summed E-state index contributed by atoms with van der Waals surface area (Å²) in [6, 6.07) is 15.6. The van der Waals surface area contributed by atoms with Crippen molar-refractivity contribution < 1.29 is 9.21 Å². The number of thioether (sulfide) groups is 1. The largest absolute Gasteiger partial charge is 0.411 e. The Balaban J connectivity index is 1.25. The number of amides is 1. The third kappa shape index (κ3) is 5.99. The quantitative estimate of drug-likeness (QED) is 0.350. The molecule has 1 fully saturated rings. The second-order valence-electron chi connectivity index (χ2n) is 7.34. The van der Waals surface area contributed by atoms with E-state index in [0.29, 0.717) is 11.1 Å². The summed E-state index contributed by atoms with van der Waals surface area (Å²) in [5.74, 6) is 0.500. The van der Waals surface area contributed by atoms with Gasteiger partial charge in [0.15, 0.2) is 0 Å². The third-order valence-electron chi connectivity index (χ3n) is 5.10. The minimum absolute atomic E-state index is 0.121. The lowest BCUT2D eigenvalue weighted by Gasteiger charge is -2.35. The molecule has 2 aromatic carbocycles. The maximum atomic E-state index is 12.3. The van der Waals surface area contributed by atoms with Crippen molar-refractivity contribution in [3.63, 3.8) is 0 Å². The zero-order valence-corrected chi connectivity index (χ0v) is 19.9. The first kappa shape index (κ1) is 22.6. The van der Waals surface area contributed by atoms with Gasteiger partial charge in [0, 0.05) is 54.1 Å².